The summed E-state index contributed by atoms with van der Waals surface area (Å²) in [5.41, 5.74) is 3.45. The van der Waals surface area contributed by atoms with Crippen LogP contribution in [-0.4, -0.2) is 11.3 Å². The van der Waals surface area contributed by atoms with Gasteiger partial charge >= 0.3 is 0 Å². The lowest BCUT2D eigenvalue weighted by Gasteiger charge is -2.35. The quantitative estimate of drug-likeness (QED) is 0.797. The third kappa shape index (κ3) is 5.01. The number of hydrogen-bond donors (Lipinski definition) is 1. The van der Waals surface area contributed by atoms with Gasteiger partial charge in [0.1, 0.15) is 0 Å². The molecule has 22 heavy (non-hydrogen) atoms. The zero-order valence-corrected chi connectivity index (χ0v) is 15.0. The summed E-state index contributed by atoms with van der Waals surface area (Å²) in [6.45, 7) is 12.6. The molecule has 1 unspecified atom stereocenters. The zero-order valence-electron chi connectivity index (χ0n) is 15.0. The van der Waals surface area contributed by atoms with Crippen LogP contribution in [0.2, 0.25) is 0 Å². The molecule has 0 amide bonds. The molecule has 2 nitrogen and oxygen atoms in total. The summed E-state index contributed by atoms with van der Waals surface area (Å²) in [6.07, 6.45) is 4.90. The Labute approximate surface area is 136 Å². The van der Waals surface area contributed by atoms with Gasteiger partial charge in [0.25, 0.3) is 0 Å². The smallest absolute Gasteiger partial charge is 0.160 e. The number of ketones is 1. The molecule has 1 N–H and O–H groups in total. The topological polar surface area (TPSA) is 29.1 Å². The summed E-state index contributed by atoms with van der Waals surface area (Å²) in [6, 6.07) is 8.33. The van der Waals surface area contributed by atoms with Gasteiger partial charge in [0.2, 0.25) is 0 Å². The molecule has 0 saturated carbocycles. The average molecular weight is 301 g/mol. The van der Waals surface area contributed by atoms with Gasteiger partial charge in [-0.1, -0.05) is 58.4 Å². The number of carbonyl (C=O) groups excluding carboxylic acids is 1. The Hall–Kier alpha value is -1.57. The largest absolute Gasteiger partial charge is 0.379 e. The Balaban J connectivity index is 0.000000745. The lowest BCUT2D eigenvalue weighted by molar-refractivity contribution is -0.117. The van der Waals surface area contributed by atoms with Crippen LogP contribution in [0.4, 0.5) is 0 Å². The lowest BCUT2D eigenvalue weighted by atomic mass is 9.85. The van der Waals surface area contributed by atoms with Gasteiger partial charge in [-0.05, 0) is 32.3 Å². The van der Waals surface area contributed by atoms with Crippen LogP contribution in [0.5, 0.6) is 0 Å². The first-order valence-corrected chi connectivity index (χ1v) is 8.46. The lowest BCUT2D eigenvalue weighted by Crippen LogP contribution is -2.43. The van der Waals surface area contributed by atoms with Crippen molar-refractivity contribution < 1.29 is 4.79 Å². The summed E-state index contributed by atoms with van der Waals surface area (Å²) in [4.78, 5) is 12.1. The molecule has 0 aromatic heterocycles. The van der Waals surface area contributed by atoms with Crippen molar-refractivity contribution in [3.63, 3.8) is 0 Å². The van der Waals surface area contributed by atoms with Crippen LogP contribution in [0.25, 0.3) is 5.70 Å². The fourth-order valence-corrected chi connectivity index (χ4v) is 2.49. The van der Waals surface area contributed by atoms with E-state index in [4.69, 9.17) is 0 Å². The van der Waals surface area contributed by atoms with Crippen molar-refractivity contribution in [2.45, 2.75) is 66.3 Å². The van der Waals surface area contributed by atoms with Crippen molar-refractivity contribution in [1.29, 1.82) is 0 Å². The molecule has 0 bridgehead atoms. The minimum atomic E-state index is -0.00405. The molecule has 0 spiro atoms. The Morgan fingerprint density at radius 1 is 1.27 bits per heavy atom. The SMILES string of the molecule is CCC.CCC(C)C(=O)/C=C1\NC(C)(C)Cc2ccccc21. The van der Waals surface area contributed by atoms with Crippen molar-refractivity contribution in [2.24, 2.45) is 5.92 Å². The normalized spacial score (nSPS) is 18.5. The third-order valence-electron chi connectivity index (χ3n) is 3.80. The van der Waals surface area contributed by atoms with E-state index in [2.05, 4.69) is 51.2 Å². The second-order valence-corrected chi connectivity index (χ2v) is 6.82. The van der Waals surface area contributed by atoms with E-state index in [-0.39, 0.29) is 17.2 Å². The van der Waals surface area contributed by atoms with Gasteiger partial charge in [-0.2, -0.15) is 0 Å². The fourth-order valence-electron chi connectivity index (χ4n) is 2.49. The van der Waals surface area contributed by atoms with Crippen molar-refractivity contribution in [3.8, 4) is 0 Å². The van der Waals surface area contributed by atoms with E-state index in [0.29, 0.717) is 0 Å². The molecule has 2 rings (SSSR count). The monoisotopic (exact) mass is 301 g/mol. The van der Waals surface area contributed by atoms with Crippen LogP contribution in [0.15, 0.2) is 30.3 Å². The molecule has 1 aromatic carbocycles. The molecule has 1 aromatic rings. The summed E-state index contributed by atoms with van der Waals surface area (Å²) in [5, 5.41) is 3.50. The molecule has 1 aliphatic heterocycles. The minimum Gasteiger partial charge on any atom is -0.379 e. The molecule has 0 saturated heterocycles. The molecule has 122 valence electrons. The van der Waals surface area contributed by atoms with Crippen LogP contribution in [-0.2, 0) is 11.2 Å². The van der Waals surface area contributed by atoms with E-state index in [9.17, 15) is 4.79 Å². The molecule has 0 fully saturated rings. The standard InChI is InChI=1S/C17H23NO.C3H8/c1-5-12(2)16(19)10-15-14-9-7-6-8-13(14)11-17(3,4)18-15;1-3-2/h6-10,12,18H,5,11H2,1-4H3;3H2,1-2H3/b15-10-;. The van der Waals surface area contributed by atoms with Gasteiger partial charge < -0.3 is 5.32 Å². The highest BCUT2D eigenvalue weighted by atomic mass is 16.1. The predicted molar refractivity (Wildman–Crippen MR) is 95.8 cm³/mol. The van der Waals surface area contributed by atoms with Crippen LogP contribution in [0.3, 0.4) is 0 Å². The highest BCUT2D eigenvalue weighted by Crippen LogP contribution is 2.29. The average Bonchev–Trinajstić information content (AvgIpc) is 2.46. The number of fused-ring (bicyclic) bond motifs is 1. The van der Waals surface area contributed by atoms with Crippen molar-refractivity contribution >= 4 is 11.5 Å². The number of benzene rings is 1. The first-order chi connectivity index (χ1) is 10.3. The molecular weight excluding hydrogens is 270 g/mol. The Bertz CT molecular complexity index is 528. The summed E-state index contributed by atoms with van der Waals surface area (Å²) >= 11 is 0. The first kappa shape index (κ1) is 18.5. The third-order valence-corrected chi connectivity index (χ3v) is 3.80. The van der Waals surface area contributed by atoms with Crippen molar-refractivity contribution in [3.05, 3.63) is 41.5 Å². The van der Waals surface area contributed by atoms with Gasteiger partial charge in [-0.3, -0.25) is 4.79 Å². The number of allylic oxidation sites excluding steroid dienone is 1. The van der Waals surface area contributed by atoms with Crippen LogP contribution < -0.4 is 5.32 Å². The fraction of sp³-hybridized carbons (Fsp3) is 0.550. The minimum absolute atomic E-state index is 0.00405. The number of nitrogens with one attached hydrogen (secondary N) is 1. The van der Waals surface area contributed by atoms with Crippen molar-refractivity contribution in [1.82, 2.24) is 5.32 Å². The second-order valence-electron chi connectivity index (χ2n) is 6.82. The Kier molecular flexibility index (Phi) is 6.86. The van der Waals surface area contributed by atoms with Gasteiger partial charge in [-0.15, -0.1) is 0 Å². The second kappa shape index (κ2) is 8.17. The van der Waals surface area contributed by atoms with Gasteiger partial charge in [0.05, 0.1) is 0 Å². The number of carbonyl (C=O) groups is 1. The van der Waals surface area contributed by atoms with E-state index in [0.717, 1.165) is 18.5 Å². The predicted octanol–water partition coefficient (Wildman–Crippen LogP) is 4.98. The summed E-state index contributed by atoms with van der Waals surface area (Å²) in [5.74, 6) is 0.295. The summed E-state index contributed by atoms with van der Waals surface area (Å²) < 4.78 is 0. The highest BCUT2D eigenvalue weighted by molar-refractivity contribution is 5.98. The number of rotatable bonds is 3. The molecule has 0 aliphatic carbocycles. The Morgan fingerprint density at radius 3 is 2.45 bits per heavy atom. The first-order valence-electron chi connectivity index (χ1n) is 8.46. The van der Waals surface area contributed by atoms with Crippen LogP contribution in [0, 0.1) is 5.92 Å². The maximum Gasteiger partial charge on any atom is 0.160 e. The molecule has 0 radical (unpaired) electrons. The van der Waals surface area contributed by atoms with E-state index < -0.39 is 0 Å². The molecule has 1 atom stereocenters. The van der Waals surface area contributed by atoms with Crippen LogP contribution >= 0.6 is 0 Å². The van der Waals surface area contributed by atoms with Gasteiger partial charge in [-0.25, -0.2) is 0 Å². The van der Waals surface area contributed by atoms with Gasteiger partial charge in [0.15, 0.2) is 5.78 Å². The zero-order chi connectivity index (χ0) is 16.8. The van der Waals surface area contributed by atoms with E-state index >= 15 is 0 Å². The molecular formula is C20H31NO. The van der Waals surface area contributed by atoms with E-state index in [1.54, 1.807) is 6.08 Å². The summed E-state index contributed by atoms with van der Waals surface area (Å²) in [7, 11) is 0. The highest BCUT2D eigenvalue weighted by Gasteiger charge is 2.27. The maximum absolute atomic E-state index is 12.1. The van der Waals surface area contributed by atoms with Gasteiger partial charge in [0, 0.05) is 28.8 Å². The van der Waals surface area contributed by atoms with Crippen molar-refractivity contribution in [2.75, 3.05) is 0 Å². The molecule has 1 aliphatic rings. The maximum atomic E-state index is 12.1. The Morgan fingerprint density at radius 2 is 1.86 bits per heavy atom. The molecule has 1 heterocycles. The molecule has 2 heteroatoms. The van der Waals surface area contributed by atoms with E-state index in [1.807, 2.05) is 19.9 Å². The van der Waals surface area contributed by atoms with Crippen LogP contribution in [0.1, 0.15) is 65.5 Å². The number of hydrogen-bond acceptors (Lipinski definition) is 2. The van der Waals surface area contributed by atoms with E-state index in [1.165, 1.54) is 17.5 Å².